The van der Waals surface area contributed by atoms with Crippen molar-refractivity contribution in [1.29, 1.82) is 0 Å². The van der Waals surface area contributed by atoms with Crippen LogP contribution in [0.4, 0.5) is 0 Å². The second kappa shape index (κ2) is 45.9. The Morgan fingerprint density at radius 1 is 0.424 bits per heavy atom. The number of nitrogens with zero attached hydrogens (tertiary/aromatic N) is 2. The van der Waals surface area contributed by atoms with E-state index in [0.717, 1.165) is 54.8 Å². The van der Waals surface area contributed by atoms with Gasteiger partial charge in [-0.25, -0.2) is 0 Å². The Labute approximate surface area is 671 Å². The van der Waals surface area contributed by atoms with Gasteiger partial charge in [0.25, 0.3) is 0 Å². The Morgan fingerprint density at radius 3 is 1.18 bits per heavy atom. The number of nitrogens with two attached hydrogens (primary N) is 1. The van der Waals surface area contributed by atoms with Gasteiger partial charge < -0.3 is 110 Å². The van der Waals surface area contributed by atoms with Crippen molar-refractivity contribution in [2.75, 3.05) is 19.7 Å². The molecular formula is C68H98N14O34P2+2. The number of nitrogens with one attached hydrogen (secondary N) is 11. The Hall–Kier alpha value is -11.5. The third-order valence-electron chi connectivity index (χ3n) is 17.9. The van der Waals surface area contributed by atoms with Crippen molar-refractivity contribution < 1.29 is 165 Å². The van der Waals surface area contributed by atoms with Gasteiger partial charge >= 0.3 is 46.2 Å². The van der Waals surface area contributed by atoms with Gasteiger partial charge in [0.05, 0.1) is 25.6 Å². The van der Waals surface area contributed by atoms with Crippen LogP contribution >= 0.6 is 16.3 Å². The molecule has 0 aromatic heterocycles. The number of aliphatic carboxylic acids is 5. The number of hydrogen-bond donors (Lipinski definition) is 25. The molecule has 2 fully saturated rings. The monoisotopic (exact) mass is 1720 g/mol. The summed E-state index contributed by atoms with van der Waals surface area (Å²) in [6.45, 7) is 4.01. The first-order chi connectivity index (χ1) is 55.0. The van der Waals surface area contributed by atoms with Crippen molar-refractivity contribution >= 4 is 129 Å². The summed E-state index contributed by atoms with van der Waals surface area (Å²) in [4.78, 5) is 311. The number of carbonyl (C=O) groups excluding carboxylic acids is 14. The third kappa shape index (κ3) is 33.3. The van der Waals surface area contributed by atoms with E-state index < -0.39 is 290 Å². The fourth-order valence-electron chi connectivity index (χ4n) is 12.1. The molecule has 2 aromatic rings. The smallest absolute Gasteiger partial charge is 0.481 e. The lowest BCUT2D eigenvalue weighted by molar-refractivity contribution is -0.146. The number of aliphatic hydroxyl groups excluding tert-OH is 2. The molecule has 50 heteroatoms. The van der Waals surface area contributed by atoms with Crippen molar-refractivity contribution in [3.05, 3.63) is 59.7 Å². The molecule has 0 unspecified atom stereocenters. The first kappa shape index (κ1) is 98.9. The minimum Gasteiger partial charge on any atom is -0.481 e. The zero-order chi connectivity index (χ0) is 89.0. The van der Waals surface area contributed by atoms with E-state index in [1.54, 1.807) is 0 Å². The zero-order valence-corrected chi connectivity index (χ0v) is 65.8. The molecule has 0 radical (unpaired) electrons. The van der Waals surface area contributed by atoms with E-state index in [0.29, 0.717) is 0 Å². The minimum atomic E-state index is -4.91. The molecule has 2 aliphatic rings. The lowest BCUT2D eigenvalue weighted by Gasteiger charge is -2.31. The van der Waals surface area contributed by atoms with Crippen LogP contribution in [-0.2, 0) is 104 Å². The molecular weight excluding hydrogens is 1620 g/mol. The minimum absolute atomic E-state index is 0.0270. The fraction of sp³-hybridized carbons (Fsp3) is 0.544. The Kier molecular flexibility index (Phi) is 38.4. The quantitative estimate of drug-likeness (QED) is 0.0274. The van der Waals surface area contributed by atoms with Crippen molar-refractivity contribution in [3.63, 3.8) is 0 Å². The van der Waals surface area contributed by atoms with Crippen LogP contribution in [0.2, 0.25) is 0 Å². The number of benzene rings is 2. The topological polar surface area (TPSA) is 771 Å². The normalized spacial score (nSPS) is 17.0. The van der Waals surface area contributed by atoms with Gasteiger partial charge in [-0.05, 0) is 100 Å². The predicted molar refractivity (Wildman–Crippen MR) is 399 cm³/mol. The molecule has 652 valence electrons. The first-order valence-electron chi connectivity index (χ1n) is 36.3. The molecule has 0 saturated carbocycles. The van der Waals surface area contributed by atoms with E-state index in [4.69, 9.17) is 19.9 Å². The van der Waals surface area contributed by atoms with Gasteiger partial charge in [-0.2, -0.15) is 29.4 Å². The van der Waals surface area contributed by atoms with Crippen molar-refractivity contribution in [1.82, 2.24) is 68.3 Å². The number of aliphatic hydroxyl groups is 2. The number of carboxylic acids is 5. The number of carboxylic acid groups (broad SMARTS) is 5. The molecule has 26 N–H and O–H groups in total. The molecule has 2 heterocycles. The molecule has 2 aromatic carbocycles. The van der Waals surface area contributed by atoms with E-state index in [1.165, 1.54) is 38.1 Å². The highest BCUT2D eigenvalue weighted by Crippen LogP contribution is 2.47. The van der Waals surface area contributed by atoms with Gasteiger partial charge in [0, 0.05) is 52.1 Å². The average molecular weight is 1720 g/mol. The standard InChI is InChI=1S/C68H96N14O34P2/c1-31(2)54(79-59(99)41(20-23-51(90)91)74-66(106)55(33(4)84)80-62(102)44(28-52(92)93)71-34(5)85)65(105)76-43(27-36-12-16-38(17-13-36)116-118(112,113)114)61(101)73-40(19-22-50(88)89)58(98)78-46(30-83)68(108)82-25-7-9-48(82)64(104)75-42(26-35-10-14-37(15-11-35)115-117(109,110)111)60(100)70-32(3)57(97)77-45(29-53(94)95)67(107)81-24-6-8-47(81)63(103)72-39(56(69)96)18-21-49(86)87/h10-17,31-33,39-48,54-55,83-84,109-114H,6-9,18-30H2,1-5H3,(H16-2,69,70,71,72,73,74,75,76,77,78,79,80,85,86,87,88,89,90,91,92,93,94,95,96,97,98,99,100,101,102,103,104,105,106)/p+2/t32-,33+,39-,40-,41-,42-,43-,44-,45-,46-,47-,48-,54-,55-/m0/s1. The van der Waals surface area contributed by atoms with Crippen LogP contribution in [0.1, 0.15) is 123 Å². The van der Waals surface area contributed by atoms with Gasteiger partial charge in [0.2, 0.25) is 82.7 Å². The van der Waals surface area contributed by atoms with Gasteiger partial charge in [-0.15, -0.1) is 0 Å². The SMILES string of the molecule is CC(=O)N[C@@H](CC(=O)O)C(=O)N[C@H](C(=O)N[C@@H](CCC(=O)O)C(=O)N[C@H](C(=O)N[C@@H](Cc1ccc(O[P+](O)(O)O)cc1)C(=O)N[C@@H](CCC(=O)O)C(=O)N[C@@H](CO)C(=O)N1CCC[C@H]1C(=O)N[C@@H](Cc1ccc(O[P+](O)(O)O)cc1)C(=O)N[C@@H](C)C(=O)N[C@@H](CC(=O)O)C(=O)N1CCC[C@H]1C(=O)N[C@@H](CCC(=O)O)C(N)=O)C(C)C)[C@@H](C)O. The average Bonchev–Trinajstić information content (AvgIpc) is 1.62. The summed E-state index contributed by atoms with van der Waals surface area (Å²) in [5.41, 5.74) is 5.59. The Bertz CT molecular complexity index is 3980. The van der Waals surface area contributed by atoms with Crippen LogP contribution in [0.15, 0.2) is 48.5 Å². The summed E-state index contributed by atoms with van der Waals surface area (Å²) in [7, 11) is -9.77. The van der Waals surface area contributed by atoms with Gasteiger partial charge in [0.1, 0.15) is 78.5 Å². The molecule has 4 rings (SSSR count). The predicted octanol–water partition coefficient (Wildman–Crippen LogP) is -8.05. The second-order valence-corrected chi connectivity index (χ2v) is 30.1. The highest BCUT2D eigenvalue weighted by molar-refractivity contribution is 7.54. The number of amides is 14. The second-order valence-electron chi connectivity index (χ2n) is 27.7. The maximum atomic E-state index is 14.7. The molecule has 14 amide bonds. The zero-order valence-electron chi connectivity index (χ0n) is 64.1. The highest BCUT2D eigenvalue weighted by atomic mass is 31.2. The van der Waals surface area contributed by atoms with Gasteiger partial charge in [0.15, 0.2) is 11.5 Å². The van der Waals surface area contributed by atoms with E-state index in [9.17, 15) is 151 Å². The molecule has 2 saturated heterocycles. The molecule has 0 spiro atoms. The van der Waals surface area contributed by atoms with E-state index in [-0.39, 0.29) is 61.4 Å². The van der Waals surface area contributed by atoms with Crippen molar-refractivity contribution in [2.45, 2.75) is 209 Å². The maximum absolute atomic E-state index is 14.7. The maximum Gasteiger partial charge on any atom is 0.613 e. The van der Waals surface area contributed by atoms with Crippen LogP contribution < -0.4 is 73.3 Å². The fourth-order valence-corrected chi connectivity index (χ4v) is 12.9. The summed E-state index contributed by atoms with van der Waals surface area (Å²) in [5.74, 6) is -25.8. The van der Waals surface area contributed by atoms with Crippen LogP contribution in [0.25, 0.3) is 0 Å². The van der Waals surface area contributed by atoms with Gasteiger partial charge in [-0.3, -0.25) is 100 Å². The summed E-state index contributed by atoms with van der Waals surface area (Å²) in [6, 6.07) is -14.1. The van der Waals surface area contributed by atoms with Crippen LogP contribution in [0.5, 0.6) is 11.5 Å². The summed E-state index contributed by atoms with van der Waals surface area (Å²) < 4.78 is 9.41. The molecule has 118 heavy (non-hydrogen) atoms. The number of rotatable bonds is 48. The first-order valence-corrected chi connectivity index (χ1v) is 39.4. The lowest BCUT2D eigenvalue weighted by atomic mass is 9.99. The molecule has 14 atom stereocenters. The van der Waals surface area contributed by atoms with E-state index in [1.807, 2.05) is 0 Å². The number of likely N-dealkylation sites (tertiary alicyclic amines) is 2. The van der Waals surface area contributed by atoms with Crippen LogP contribution in [-0.4, -0.2) is 292 Å². The van der Waals surface area contributed by atoms with Crippen LogP contribution in [0.3, 0.4) is 0 Å². The third-order valence-corrected chi connectivity index (χ3v) is 18.8. The number of hydrogen-bond acceptors (Lipinski definition) is 29. The highest BCUT2D eigenvalue weighted by Gasteiger charge is 2.45. The van der Waals surface area contributed by atoms with E-state index >= 15 is 0 Å². The van der Waals surface area contributed by atoms with Crippen molar-refractivity contribution in [2.24, 2.45) is 11.7 Å². The summed E-state index contributed by atoms with van der Waals surface area (Å²) >= 11 is 0. The molecule has 48 nitrogen and oxygen atoms in total. The van der Waals surface area contributed by atoms with E-state index in [2.05, 4.69) is 58.5 Å². The molecule has 0 bridgehead atoms. The van der Waals surface area contributed by atoms with Gasteiger partial charge in [-0.1, -0.05) is 38.1 Å². The number of carbonyl (C=O) groups is 19. The van der Waals surface area contributed by atoms with Crippen molar-refractivity contribution in [3.8, 4) is 11.5 Å². The Morgan fingerprint density at radius 2 is 0.771 bits per heavy atom. The summed E-state index contributed by atoms with van der Waals surface area (Å²) in [6.07, 6.45) is -9.41. The number of primary amides is 1. The Balaban J connectivity index is 1.65. The largest absolute Gasteiger partial charge is 0.613 e. The van der Waals surface area contributed by atoms with Crippen LogP contribution in [0, 0.1) is 5.92 Å². The lowest BCUT2D eigenvalue weighted by Crippen LogP contribution is -2.62. The molecule has 0 aliphatic carbocycles. The molecule has 2 aliphatic heterocycles. The summed E-state index contributed by atoms with van der Waals surface area (Å²) in [5, 5.41) is 93.9.